The van der Waals surface area contributed by atoms with Crippen molar-refractivity contribution in [3.63, 3.8) is 0 Å². The van der Waals surface area contributed by atoms with Crippen molar-refractivity contribution in [2.45, 2.75) is 38.7 Å². The van der Waals surface area contributed by atoms with Gasteiger partial charge in [0.15, 0.2) is 0 Å². The van der Waals surface area contributed by atoms with Crippen LogP contribution in [0.3, 0.4) is 0 Å². The molecular formula is C16H24N2O2. The van der Waals surface area contributed by atoms with Gasteiger partial charge in [-0.25, -0.2) is 0 Å². The van der Waals surface area contributed by atoms with Crippen molar-refractivity contribution in [2.75, 3.05) is 25.0 Å². The first-order valence-electron chi connectivity index (χ1n) is 7.49. The van der Waals surface area contributed by atoms with Crippen molar-refractivity contribution < 1.29 is 9.53 Å². The molecule has 4 nitrogen and oxygen atoms in total. The number of aryl methyl sites for hydroxylation is 1. The number of carbonyl (C=O) groups is 1. The third-order valence-electron chi connectivity index (χ3n) is 3.64. The Labute approximate surface area is 120 Å². The number of hydrogen-bond donors (Lipinski definition) is 2. The standard InChI is InChI=1S/C16H24N2O2/c1-2-13-5-3-4-6-15(13)18-16(19)9-12-20-14-7-10-17-11-8-14/h3-6,14,17H,2,7-12H2,1H3,(H,18,19). The van der Waals surface area contributed by atoms with E-state index in [0.29, 0.717) is 19.1 Å². The molecule has 20 heavy (non-hydrogen) atoms. The van der Waals surface area contributed by atoms with E-state index in [2.05, 4.69) is 17.6 Å². The number of ether oxygens (including phenoxy) is 1. The lowest BCUT2D eigenvalue weighted by Crippen LogP contribution is -2.33. The molecule has 4 heteroatoms. The summed E-state index contributed by atoms with van der Waals surface area (Å²) < 4.78 is 5.75. The highest BCUT2D eigenvalue weighted by atomic mass is 16.5. The molecule has 1 heterocycles. The van der Waals surface area contributed by atoms with Gasteiger partial charge in [-0.15, -0.1) is 0 Å². The Balaban J connectivity index is 1.72. The zero-order valence-corrected chi connectivity index (χ0v) is 12.2. The van der Waals surface area contributed by atoms with Crippen LogP contribution in [-0.4, -0.2) is 31.7 Å². The molecule has 110 valence electrons. The van der Waals surface area contributed by atoms with Gasteiger partial charge in [0.05, 0.1) is 19.1 Å². The SMILES string of the molecule is CCc1ccccc1NC(=O)CCOC1CCNCC1. The van der Waals surface area contributed by atoms with Gasteiger partial charge in [-0.3, -0.25) is 4.79 Å². The van der Waals surface area contributed by atoms with Crippen molar-refractivity contribution in [1.29, 1.82) is 0 Å². The van der Waals surface area contributed by atoms with Crippen LogP contribution in [0.5, 0.6) is 0 Å². The maximum absolute atomic E-state index is 11.9. The topological polar surface area (TPSA) is 50.4 Å². The highest BCUT2D eigenvalue weighted by Crippen LogP contribution is 2.15. The summed E-state index contributed by atoms with van der Waals surface area (Å²) in [5.74, 6) is 0.0276. The molecule has 1 aromatic rings. The van der Waals surface area contributed by atoms with Crippen molar-refractivity contribution in [3.05, 3.63) is 29.8 Å². The molecule has 1 amide bonds. The zero-order chi connectivity index (χ0) is 14.2. The summed E-state index contributed by atoms with van der Waals surface area (Å²) in [6, 6.07) is 7.93. The molecule has 0 aliphatic carbocycles. The molecule has 1 aliphatic rings. The van der Waals surface area contributed by atoms with E-state index >= 15 is 0 Å². The fourth-order valence-electron chi connectivity index (χ4n) is 2.44. The van der Waals surface area contributed by atoms with Gasteiger partial charge in [0, 0.05) is 5.69 Å². The second kappa shape index (κ2) is 8.02. The van der Waals surface area contributed by atoms with Crippen molar-refractivity contribution >= 4 is 11.6 Å². The molecule has 1 aliphatic heterocycles. The molecule has 0 spiro atoms. The van der Waals surface area contributed by atoms with Crippen LogP contribution in [0.1, 0.15) is 31.7 Å². The first-order valence-corrected chi connectivity index (χ1v) is 7.49. The van der Waals surface area contributed by atoms with E-state index in [4.69, 9.17) is 4.74 Å². The Bertz CT molecular complexity index is 428. The van der Waals surface area contributed by atoms with Crippen molar-refractivity contribution in [3.8, 4) is 0 Å². The minimum atomic E-state index is 0.0276. The second-order valence-corrected chi connectivity index (χ2v) is 5.13. The maximum atomic E-state index is 11.9. The number of amides is 1. The summed E-state index contributed by atoms with van der Waals surface area (Å²) in [6.45, 7) is 4.62. The van der Waals surface area contributed by atoms with Gasteiger partial charge in [0.1, 0.15) is 0 Å². The molecule has 1 aromatic carbocycles. The number of nitrogens with one attached hydrogen (secondary N) is 2. The van der Waals surface area contributed by atoms with E-state index in [-0.39, 0.29) is 5.91 Å². The molecule has 2 N–H and O–H groups in total. The molecular weight excluding hydrogens is 252 g/mol. The van der Waals surface area contributed by atoms with Crippen molar-refractivity contribution in [2.24, 2.45) is 0 Å². The van der Waals surface area contributed by atoms with Gasteiger partial charge in [0.2, 0.25) is 5.91 Å². The minimum Gasteiger partial charge on any atom is -0.378 e. The molecule has 1 saturated heterocycles. The fourth-order valence-corrected chi connectivity index (χ4v) is 2.44. The Hall–Kier alpha value is -1.39. The average Bonchev–Trinajstić information content (AvgIpc) is 2.49. The Morgan fingerprint density at radius 1 is 1.35 bits per heavy atom. The van der Waals surface area contributed by atoms with Crippen LogP contribution < -0.4 is 10.6 Å². The van der Waals surface area contributed by atoms with Crippen LogP contribution in [0.2, 0.25) is 0 Å². The van der Waals surface area contributed by atoms with Gasteiger partial charge in [-0.2, -0.15) is 0 Å². The van der Waals surface area contributed by atoms with E-state index in [9.17, 15) is 4.79 Å². The van der Waals surface area contributed by atoms with Gasteiger partial charge >= 0.3 is 0 Å². The van der Waals surface area contributed by atoms with Crippen LogP contribution >= 0.6 is 0 Å². The van der Waals surface area contributed by atoms with Gasteiger partial charge in [-0.05, 0) is 44.0 Å². The molecule has 2 rings (SSSR count). The highest BCUT2D eigenvalue weighted by Gasteiger charge is 2.13. The first kappa shape index (κ1) is 15.0. The summed E-state index contributed by atoms with van der Waals surface area (Å²) in [5, 5.41) is 6.27. The van der Waals surface area contributed by atoms with E-state index in [1.165, 1.54) is 5.56 Å². The molecule has 0 radical (unpaired) electrons. The third kappa shape index (κ3) is 4.62. The Kier molecular flexibility index (Phi) is 6.02. The first-order chi connectivity index (χ1) is 9.79. The smallest absolute Gasteiger partial charge is 0.226 e. The van der Waals surface area contributed by atoms with Crippen LogP contribution in [0.15, 0.2) is 24.3 Å². The van der Waals surface area contributed by atoms with Crippen molar-refractivity contribution in [1.82, 2.24) is 5.32 Å². The van der Waals surface area contributed by atoms with E-state index < -0.39 is 0 Å². The summed E-state index contributed by atoms with van der Waals surface area (Å²) >= 11 is 0. The zero-order valence-electron chi connectivity index (χ0n) is 12.2. The lowest BCUT2D eigenvalue weighted by atomic mass is 10.1. The maximum Gasteiger partial charge on any atom is 0.226 e. The van der Waals surface area contributed by atoms with Crippen LogP contribution in [-0.2, 0) is 16.0 Å². The van der Waals surface area contributed by atoms with E-state index in [1.54, 1.807) is 0 Å². The molecule has 0 atom stereocenters. The number of para-hydroxylation sites is 1. The predicted octanol–water partition coefficient (Wildman–Crippen LogP) is 2.35. The number of piperidine rings is 1. The van der Waals surface area contributed by atoms with Gasteiger partial charge < -0.3 is 15.4 Å². The highest BCUT2D eigenvalue weighted by molar-refractivity contribution is 5.91. The molecule has 0 unspecified atom stereocenters. The van der Waals surface area contributed by atoms with E-state index in [0.717, 1.165) is 38.0 Å². The number of anilines is 1. The molecule has 1 fully saturated rings. The molecule has 0 bridgehead atoms. The Morgan fingerprint density at radius 2 is 2.10 bits per heavy atom. The lowest BCUT2D eigenvalue weighted by Gasteiger charge is -2.22. The number of benzene rings is 1. The Morgan fingerprint density at radius 3 is 2.85 bits per heavy atom. The third-order valence-corrected chi connectivity index (χ3v) is 3.64. The number of carbonyl (C=O) groups excluding carboxylic acids is 1. The molecule has 0 saturated carbocycles. The summed E-state index contributed by atoms with van der Waals surface area (Å²) in [6.07, 6.45) is 3.73. The average molecular weight is 276 g/mol. The van der Waals surface area contributed by atoms with Gasteiger partial charge in [0.25, 0.3) is 0 Å². The van der Waals surface area contributed by atoms with Gasteiger partial charge in [-0.1, -0.05) is 25.1 Å². The quantitative estimate of drug-likeness (QED) is 0.838. The predicted molar refractivity (Wildman–Crippen MR) is 80.9 cm³/mol. The van der Waals surface area contributed by atoms with Crippen LogP contribution in [0.4, 0.5) is 5.69 Å². The fraction of sp³-hybridized carbons (Fsp3) is 0.562. The monoisotopic (exact) mass is 276 g/mol. The normalized spacial score (nSPS) is 16.1. The van der Waals surface area contributed by atoms with Crippen LogP contribution in [0.25, 0.3) is 0 Å². The van der Waals surface area contributed by atoms with Crippen LogP contribution in [0, 0.1) is 0 Å². The number of hydrogen-bond acceptors (Lipinski definition) is 3. The second-order valence-electron chi connectivity index (χ2n) is 5.13. The molecule has 0 aromatic heterocycles. The summed E-state index contributed by atoms with van der Waals surface area (Å²) in [4.78, 5) is 11.9. The largest absolute Gasteiger partial charge is 0.378 e. The number of rotatable bonds is 6. The lowest BCUT2D eigenvalue weighted by molar-refractivity contribution is -0.117. The summed E-state index contributed by atoms with van der Waals surface area (Å²) in [5.41, 5.74) is 2.09. The summed E-state index contributed by atoms with van der Waals surface area (Å²) in [7, 11) is 0. The van der Waals surface area contributed by atoms with E-state index in [1.807, 2.05) is 24.3 Å². The minimum absolute atomic E-state index is 0.0276.